The minimum absolute atomic E-state index is 0.329. The molecule has 0 atom stereocenters. The number of nitrogens with one attached hydrogen (secondary N) is 1. The molecule has 0 radical (unpaired) electrons. The SMILES string of the molecule is FC(F)C1CCC(NC2CCCCC2)CC1. The molecule has 0 spiro atoms. The van der Waals surface area contributed by atoms with Crippen LogP contribution in [0.3, 0.4) is 0 Å². The summed E-state index contributed by atoms with van der Waals surface area (Å²) in [6.45, 7) is 0. The first-order valence-electron chi connectivity index (χ1n) is 6.80. The van der Waals surface area contributed by atoms with E-state index in [4.69, 9.17) is 0 Å². The average molecular weight is 231 g/mol. The van der Waals surface area contributed by atoms with E-state index in [1.165, 1.54) is 32.1 Å². The van der Waals surface area contributed by atoms with Crippen molar-refractivity contribution in [3.63, 3.8) is 0 Å². The minimum atomic E-state index is -2.10. The van der Waals surface area contributed by atoms with E-state index >= 15 is 0 Å². The third-order valence-corrected chi connectivity index (χ3v) is 4.20. The lowest BCUT2D eigenvalue weighted by atomic mass is 9.85. The lowest BCUT2D eigenvalue weighted by Gasteiger charge is -2.33. The molecule has 94 valence electrons. The maximum atomic E-state index is 12.5. The van der Waals surface area contributed by atoms with Gasteiger partial charge in [-0.1, -0.05) is 19.3 Å². The average Bonchev–Trinajstić information content (AvgIpc) is 2.31. The molecule has 0 aromatic rings. The Balaban J connectivity index is 1.68. The van der Waals surface area contributed by atoms with Gasteiger partial charge in [0.1, 0.15) is 0 Å². The fourth-order valence-electron chi connectivity index (χ4n) is 3.14. The maximum absolute atomic E-state index is 12.5. The van der Waals surface area contributed by atoms with Crippen molar-refractivity contribution in [3.05, 3.63) is 0 Å². The molecule has 0 aliphatic heterocycles. The van der Waals surface area contributed by atoms with Gasteiger partial charge in [0.05, 0.1) is 0 Å². The van der Waals surface area contributed by atoms with Crippen LogP contribution in [-0.4, -0.2) is 18.5 Å². The molecule has 0 saturated heterocycles. The van der Waals surface area contributed by atoms with Crippen LogP contribution in [0.4, 0.5) is 8.78 Å². The summed E-state index contributed by atoms with van der Waals surface area (Å²) in [5.74, 6) is -0.329. The Bertz CT molecular complexity index is 194. The molecule has 2 saturated carbocycles. The van der Waals surface area contributed by atoms with Gasteiger partial charge in [0, 0.05) is 18.0 Å². The third kappa shape index (κ3) is 3.41. The Kier molecular flexibility index (Phi) is 4.56. The molecule has 3 heteroatoms. The van der Waals surface area contributed by atoms with Gasteiger partial charge in [-0.2, -0.15) is 0 Å². The summed E-state index contributed by atoms with van der Waals surface area (Å²) in [6.07, 6.45) is 7.84. The Hall–Kier alpha value is -0.180. The first-order chi connectivity index (χ1) is 7.75. The van der Waals surface area contributed by atoms with Gasteiger partial charge in [-0.25, -0.2) is 8.78 Å². The maximum Gasteiger partial charge on any atom is 0.241 e. The molecule has 16 heavy (non-hydrogen) atoms. The van der Waals surface area contributed by atoms with E-state index < -0.39 is 6.43 Å². The summed E-state index contributed by atoms with van der Waals surface area (Å²) in [7, 11) is 0. The standard InChI is InChI=1S/C13H23F2N/c14-13(15)10-6-8-12(9-7-10)16-11-4-2-1-3-5-11/h10-13,16H,1-9H2. The van der Waals surface area contributed by atoms with Crippen molar-refractivity contribution in [2.24, 2.45) is 5.92 Å². The monoisotopic (exact) mass is 231 g/mol. The quantitative estimate of drug-likeness (QED) is 0.780. The highest BCUT2D eigenvalue weighted by molar-refractivity contribution is 4.82. The van der Waals surface area contributed by atoms with E-state index in [9.17, 15) is 8.78 Å². The van der Waals surface area contributed by atoms with E-state index in [0.717, 1.165) is 12.8 Å². The van der Waals surface area contributed by atoms with Crippen molar-refractivity contribution in [2.75, 3.05) is 0 Å². The molecule has 0 unspecified atom stereocenters. The van der Waals surface area contributed by atoms with E-state index in [-0.39, 0.29) is 5.92 Å². The van der Waals surface area contributed by atoms with Gasteiger partial charge in [-0.15, -0.1) is 0 Å². The van der Waals surface area contributed by atoms with Crippen molar-refractivity contribution < 1.29 is 8.78 Å². The Labute approximate surface area is 97.0 Å². The van der Waals surface area contributed by atoms with E-state index in [0.29, 0.717) is 24.9 Å². The molecule has 2 aliphatic rings. The highest BCUT2D eigenvalue weighted by atomic mass is 19.3. The highest BCUT2D eigenvalue weighted by Gasteiger charge is 2.28. The summed E-state index contributed by atoms with van der Waals surface area (Å²) in [5.41, 5.74) is 0. The molecule has 0 aromatic heterocycles. The van der Waals surface area contributed by atoms with Gasteiger partial charge in [-0.05, 0) is 38.5 Å². The fourth-order valence-corrected chi connectivity index (χ4v) is 3.14. The number of hydrogen-bond donors (Lipinski definition) is 1. The predicted molar refractivity (Wildman–Crippen MR) is 61.8 cm³/mol. The molecule has 2 fully saturated rings. The molecular formula is C13H23F2N. The lowest BCUT2D eigenvalue weighted by Crippen LogP contribution is -2.42. The Morgan fingerprint density at radius 2 is 1.31 bits per heavy atom. The molecule has 1 nitrogen and oxygen atoms in total. The summed E-state index contributed by atoms with van der Waals surface area (Å²) in [6, 6.07) is 1.18. The zero-order valence-corrected chi connectivity index (χ0v) is 9.93. The van der Waals surface area contributed by atoms with Crippen LogP contribution in [0.2, 0.25) is 0 Å². The van der Waals surface area contributed by atoms with E-state index in [2.05, 4.69) is 5.32 Å². The zero-order valence-electron chi connectivity index (χ0n) is 9.93. The Morgan fingerprint density at radius 3 is 1.88 bits per heavy atom. The van der Waals surface area contributed by atoms with E-state index in [1.807, 2.05) is 0 Å². The molecular weight excluding hydrogens is 208 g/mol. The molecule has 0 bridgehead atoms. The summed E-state index contributed by atoms with van der Waals surface area (Å²) in [5, 5.41) is 3.67. The lowest BCUT2D eigenvalue weighted by molar-refractivity contribution is 0.0493. The second kappa shape index (κ2) is 5.95. The van der Waals surface area contributed by atoms with Gasteiger partial charge < -0.3 is 5.32 Å². The van der Waals surface area contributed by atoms with Gasteiger partial charge in [-0.3, -0.25) is 0 Å². The number of halogens is 2. The molecule has 2 aliphatic carbocycles. The van der Waals surface area contributed by atoms with Crippen LogP contribution in [0.5, 0.6) is 0 Å². The van der Waals surface area contributed by atoms with Crippen LogP contribution in [0.15, 0.2) is 0 Å². The van der Waals surface area contributed by atoms with Crippen molar-refractivity contribution in [2.45, 2.75) is 76.3 Å². The van der Waals surface area contributed by atoms with Crippen LogP contribution in [-0.2, 0) is 0 Å². The second-order valence-electron chi connectivity index (χ2n) is 5.45. The van der Waals surface area contributed by atoms with Crippen LogP contribution in [0, 0.1) is 5.92 Å². The third-order valence-electron chi connectivity index (χ3n) is 4.20. The highest BCUT2D eigenvalue weighted by Crippen LogP contribution is 2.30. The van der Waals surface area contributed by atoms with Crippen LogP contribution >= 0.6 is 0 Å². The fraction of sp³-hybridized carbons (Fsp3) is 1.00. The minimum Gasteiger partial charge on any atom is -0.311 e. The first kappa shape index (κ1) is 12.3. The van der Waals surface area contributed by atoms with Gasteiger partial charge in [0.15, 0.2) is 0 Å². The van der Waals surface area contributed by atoms with Gasteiger partial charge in [0.2, 0.25) is 6.43 Å². The largest absolute Gasteiger partial charge is 0.311 e. The summed E-state index contributed by atoms with van der Waals surface area (Å²) in [4.78, 5) is 0. The van der Waals surface area contributed by atoms with Crippen molar-refractivity contribution in [1.82, 2.24) is 5.32 Å². The van der Waals surface area contributed by atoms with Gasteiger partial charge >= 0.3 is 0 Å². The van der Waals surface area contributed by atoms with Crippen LogP contribution in [0.1, 0.15) is 57.8 Å². The number of rotatable bonds is 3. The van der Waals surface area contributed by atoms with Crippen molar-refractivity contribution >= 4 is 0 Å². The van der Waals surface area contributed by atoms with E-state index in [1.54, 1.807) is 0 Å². The molecule has 0 amide bonds. The predicted octanol–water partition coefficient (Wildman–Crippen LogP) is 3.73. The summed E-state index contributed by atoms with van der Waals surface area (Å²) < 4.78 is 25.0. The normalized spacial score (nSPS) is 33.2. The number of hydrogen-bond acceptors (Lipinski definition) is 1. The summed E-state index contributed by atoms with van der Waals surface area (Å²) >= 11 is 0. The van der Waals surface area contributed by atoms with Crippen LogP contribution in [0.25, 0.3) is 0 Å². The molecule has 1 N–H and O–H groups in total. The molecule has 0 heterocycles. The molecule has 2 rings (SSSR count). The smallest absolute Gasteiger partial charge is 0.241 e. The number of alkyl halides is 2. The second-order valence-corrected chi connectivity index (χ2v) is 5.45. The van der Waals surface area contributed by atoms with Crippen molar-refractivity contribution in [3.8, 4) is 0 Å². The van der Waals surface area contributed by atoms with Crippen LogP contribution < -0.4 is 5.32 Å². The first-order valence-corrected chi connectivity index (χ1v) is 6.80. The topological polar surface area (TPSA) is 12.0 Å². The van der Waals surface area contributed by atoms with Crippen molar-refractivity contribution in [1.29, 1.82) is 0 Å². The van der Waals surface area contributed by atoms with Gasteiger partial charge in [0.25, 0.3) is 0 Å². The Morgan fingerprint density at radius 1 is 0.750 bits per heavy atom. The molecule has 0 aromatic carbocycles. The zero-order chi connectivity index (χ0) is 11.4.